The number of nitrogens with one attached hydrogen (secondary N) is 1. The summed E-state index contributed by atoms with van der Waals surface area (Å²) in [5, 5.41) is 2.35. The normalized spacial score (nSPS) is 10.2. The molecule has 0 aliphatic heterocycles. The first kappa shape index (κ1) is 16.4. The number of amides is 1. The molecule has 1 amide bonds. The van der Waals surface area contributed by atoms with E-state index in [1.54, 1.807) is 6.92 Å². The second kappa shape index (κ2) is 8.47. The monoisotopic (exact) mass is 295 g/mol. The Bertz CT molecular complexity index is 556. The van der Waals surface area contributed by atoms with Crippen molar-refractivity contribution < 1.29 is 28.2 Å². The molecule has 1 N–H and O–H groups in total. The first-order valence-electron chi connectivity index (χ1n) is 6.08. The maximum atomic E-state index is 12.9. The number of hydrogen-bond donors (Lipinski definition) is 1. The highest BCUT2D eigenvalue weighted by Gasteiger charge is 2.06. The molecule has 1 rings (SSSR count). The number of rotatable bonds is 6. The van der Waals surface area contributed by atoms with Crippen LogP contribution in [0.3, 0.4) is 0 Å². The molecule has 0 spiro atoms. The molecule has 0 atom stereocenters. The number of hydrogen-bond acceptors (Lipinski definition) is 5. The maximum Gasteiger partial charge on any atom is 0.331 e. The van der Waals surface area contributed by atoms with Gasteiger partial charge in [0.2, 0.25) is 0 Å². The average Bonchev–Trinajstić information content (AvgIpc) is 2.43. The molecule has 0 bridgehead atoms. The van der Waals surface area contributed by atoms with Crippen LogP contribution in [0, 0.1) is 5.82 Å². The van der Waals surface area contributed by atoms with Gasteiger partial charge in [0, 0.05) is 17.8 Å². The minimum absolute atomic E-state index is 0.189. The van der Waals surface area contributed by atoms with Crippen molar-refractivity contribution in [2.45, 2.75) is 6.92 Å². The second-order valence-electron chi connectivity index (χ2n) is 3.75. The summed E-state index contributed by atoms with van der Waals surface area (Å²) in [6.07, 6.45) is 1.75. The van der Waals surface area contributed by atoms with Crippen molar-refractivity contribution in [3.05, 3.63) is 42.2 Å². The third-order valence-electron chi connectivity index (χ3n) is 2.10. The Kier molecular flexibility index (Phi) is 6.59. The van der Waals surface area contributed by atoms with Crippen LogP contribution in [0.4, 0.5) is 10.1 Å². The van der Waals surface area contributed by atoms with Crippen LogP contribution >= 0.6 is 0 Å². The number of esters is 2. The zero-order valence-corrected chi connectivity index (χ0v) is 11.3. The van der Waals surface area contributed by atoms with Gasteiger partial charge in [-0.2, -0.15) is 0 Å². The largest absolute Gasteiger partial charge is 0.463 e. The molecule has 112 valence electrons. The quantitative estimate of drug-likeness (QED) is 0.634. The molecule has 0 fully saturated rings. The van der Waals surface area contributed by atoms with E-state index >= 15 is 0 Å². The summed E-state index contributed by atoms with van der Waals surface area (Å²) >= 11 is 0. The molecular formula is C14H14FNO5. The lowest BCUT2D eigenvalue weighted by Gasteiger charge is -2.05. The van der Waals surface area contributed by atoms with Crippen molar-refractivity contribution in [2.75, 3.05) is 18.5 Å². The lowest BCUT2D eigenvalue weighted by Crippen LogP contribution is -2.20. The lowest BCUT2D eigenvalue weighted by molar-refractivity contribution is -0.143. The van der Waals surface area contributed by atoms with Gasteiger partial charge in [-0.15, -0.1) is 0 Å². The Morgan fingerprint density at radius 1 is 1.19 bits per heavy atom. The lowest BCUT2D eigenvalue weighted by atomic mass is 10.3. The van der Waals surface area contributed by atoms with Crippen molar-refractivity contribution in [3.63, 3.8) is 0 Å². The first-order chi connectivity index (χ1) is 10.0. The van der Waals surface area contributed by atoms with Crippen molar-refractivity contribution in [1.29, 1.82) is 0 Å². The van der Waals surface area contributed by atoms with E-state index < -0.39 is 30.3 Å². The van der Waals surface area contributed by atoms with Crippen LogP contribution in [-0.2, 0) is 23.9 Å². The molecule has 6 nitrogen and oxygen atoms in total. The Labute approximate surface area is 120 Å². The molecule has 0 aliphatic carbocycles. The number of halogens is 1. The summed E-state index contributed by atoms with van der Waals surface area (Å²) in [6.45, 7) is 1.26. The van der Waals surface area contributed by atoms with E-state index in [1.165, 1.54) is 18.2 Å². The topological polar surface area (TPSA) is 81.7 Å². The van der Waals surface area contributed by atoms with Crippen LogP contribution in [0.25, 0.3) is 0 Å². The zero-order chi connectivity index (χ0) is 15.7. The average molecular weight is 295 g/mol. The third-order valence-corrected chi connectivity index (χ3v) is 2.10. The van der Waals surface area contributed by atoms with Gasteiger partial charge in [0.15, 0.2) is 6.61 Å². The molecule has 7 heteroatoms. The van der Waals surface area contributed by atoms with Gasteiger partial charge in [-0.05, 0) is 25.1 Å². The smallest absolute Gasteiger partial charge is 0.331 e. The highest BCUT2D eigenvalue weighted by Crippen LogP contribution is 2.08. The highest BCUT2D eigenvalue weighted by atomic mass is 19.1. The number of carbonyl (C=O) groups excluding carboxylic acids is 3. The van der Waals surface area contributed by atoms with E-state index in [9.17, 15) is 18.8 Å². The van der Waals surface area contributed by atoms with Gasteiger partial charge in [0.25, 0.3) is 5.91 Å². The number of anilines is 1. The van der Waals surface area contributed by atoms with Crippen LogP contribution in [-0.4, -0.2) is 31.1 Å². The maximum absolute atomic E-state index is 12.9. The fraction of sp³-hybridized carbons (Fsp3) is 0.214. The number of benzene rings is 1. The van der Waals surface area contributed by atoms with Crippen LogP contribution < -0.4 is 5.32 Å². The van der Waals surface area contributed by atoms with Gasteiger partial charge in [-0.25, -0.2) is 14.0 Å². The van der Waals surface area contributed by atoms with Gasteiger partial charge >= 0.3 is 11.9 Å². The first-order valence-corrected chi connectivity index (χ1v) is 6.08. The molecule has 0 saturated heterocycles. The SMILES string of the molecule is CCOC(=O)/C=C/C(=O)OCC(=O)Nc1cccc(F)c1. The molecule has 1 aromatic carbocycles. The second-order valence-corrected chi connectivity index (χ2v) is 3.75. The molecule has 21 heavy (non-hydrogen) atoms. The van der Waals surface area contributed by atoms with Crippen LogP contribution in [0.2, 0.25) is 0 Å². The van der Waals surface area contributed by atoms with Gasteiger partial charge in [-0.1, -0.05) is 6.07 Å². The van der Waals surface area contributed by atoms with Gasteiger partial charge in [0.1, 0.15) is 5.82 Å². The summed E-state index contributed by atoms with van der Waals surface area (Å²) in [5.74, 6) is -2.67. The molecule has 0 unspecified atom stereocenters. The van der Waals surface area contributed by atoms with Crippen LogP contribution in [0.1, 0.15) is 6.92 Å². The predicted octanol–water partition coefficient (Wildman–Crippen LogP) is 1.43. The molecule has 0 heterocycles. The van der Waals surface area contributed by atoms with Crippen molar-refractivity contribution in [1.82, 2.24) is 0 Å². The molecule has 1 aromatic rings. The fourth-order valence-corrected chi connectivity index (χ4v) is 1.27. The van der Waals surface area contributed by atoms with Crippen LogP contribution in [0.5, 0.6) is 0 Å². The molecule has 0 aromatic heterocycles. The van der Waals surface area contributed by atoms with E-state index in [1.807, 2.05) is 0 Å². The highest BCUT2D eigenvalue weighted by molar-refractivity contribution is 5.95. The van der Waals surface area contributed by atoms with Crippen molar-refractivity contribution in [3.8, 4) is 0 Å². The van der Waals surface area contributed by atoms with E-state index in [-0.39, 0.29) is 12.3 Å². The van der Waals surface area contributed by atoms with E-state index in [0.29, 0.717) is 0 Å². The van der Waals surface area contributed by atoms with E-state index in [4.69, 9.17) is 0 Å². The Morgan fingerprint density at radius 2 is 1.86 bits per heavy atom. The van der Waals surface area contributed by atoms with Gasteiger partial charge < -0.3 is 14.8 Å². The molecule has 0 saturated carbocycles. The predicted molar refractivity (Wildman–Crippen MR) is 71.8 cm³/mol. The van der Waals surface area contributed by atoms with E-state index in [2.05, 4.69) is 14.8 Å². The summed E-state index contributed by atoms with van der Waals surface area (Å²) in [4.78, 5) is 33.6. The summed E-state index contributed by atoms with van der Waals surface area (Å²) in [7, 11) is 0. The third kappa shape index (κ3) is 6.86. The minimum Gasteiger partial charge on any atom is -0.463 e. The summed E-state index contributed by atoms with van der Waals surface area (Å²) in [6, 6.07) is 5.28. The number of ether oxygens (including phenoxy) is 2. The molecule has 0 radical (unpaired) electrons. The number of carbonyl (C=O) groups is 3. The Hall–Kier alpha value is -2.70. The Morgan fingerprint density at radius 3 is 2.48 bits per heavy atom. The van der Waals surface area contributed by atoms with Crippen molar-refractivity contribution in [2.24, 2.45) is 0 Å². The van der Waals surface area contributed by atoms with E-state index in [0.717, 1.165) is 18.2 Å². The minimum atomic E-state index is -0.863. The molecular weight excluding hydrogens is 281 g/mol. The summed E-state index contributed by atoms with van der Waals surface area (Å²) in [5.41, 5.74) is 0.248. The van der Waals surface area contributed by atoms with Crippen molar-refractivity contribution >= 4 is 23.5 Å². The Balaban J connectivity index is 2.36. The summed E-state index contributed by atoms with van der Waals surface area (Å²) < 4.78 is 22.0. The van der Waals surface area contributed by atoms with Gasteiger partial charge in [-0.3, -0.25) is 4.79 Å². The zero-order valence-electron chi connectivity index (χ0n) is 11.3. The standard InChI is InChI=1S/C14H14FNO5/c1-2-20-13(18)6-7-14(19)21-9-12(17)16-11-5-3-4-10(15)8-11/h3-8H,2,9H2,1H3,(H,16,17)/b7-6+. The fourth-order valence-electron chi connectivity index (χ4n) is 1.27. The molecule has 0 aliphatic rings. The van der Waals surface area contributed by atoms with Gasteiger partial charge in [0.05, 0.1) is 6.61 Å². The van der Waals surface area contributed by atoms with Crippen LogP contribution in [0.15, 0.2) is 36.4 Å².